The summed E-state index contributed by atoms with van der Waals surface area (Å²) >= 11 is 0. The van der Waals surface area contributed by atoms with Crippen molar-refractivity contribution in [1.82, 2.24) is 25.0 Å². The highest BCUT2D eigenvalue weighted by Gasteiger charge is 2.48. The van der Waals surface area contributed by atoms with Crippen LogP contribution in [0.1, 0.15) is 74.8 Å². The van der Waals surface area contributed by atoms with E-state index >= 15 is 0 Å². The molecule has 55 heavy (non-hydrogen) atoms. The number of hydrogen-bond donors (Lipinski definition) is 1. The van der Waals surface area contributed by atoms with Gasteiger partial charge in [0.05, 0.1) is 58.3 Å². The molecule has 1 saturated carbocycles. The zero-order valence-electron chi connectivity index (χ0n) is 31.9. The van der Waals surface area contributed by atoms with Gasteiger partial charge in [0.25, 0.3) is 0 Å². The number of hydrogen-bond acceptors (Lipinski definition) is 9. The average molecular weight is 764 g/mol. The number of amides is 1. The van der Waals surface area contributed by atoms with Gasteiger partial charge in [0.1, 0.15) is 24.8 Å². The molecule has 1 aliphatic carbocycles. The number of alkyl halides is 2. The number of fused-ring (bicyclic) bond motifs is 2. The molecular weight excluding hydrogens is 708 g/mol. The summed E-state index contributed by atoms with van der Waals surface area (Å²) in [4.78, 5) is 15.9. The highest BCUT2D eigenvalue weighted by atomic mass is 19.3. The minimum absolute atomic E-state index is 0.111. The second-order valence-corrected chi connectivity index (χ2v) is 14.6. The van der Waals surface area contributed by atoms with Crippen LogP contribution in [0.4, 0.5) is 8.78 Å². The number of benzene rings is 2. The third-order valence-corrected chi connectivity index (χ3v) is 11.0. The fourth-order valence-corrected chi connectivity index (χ4v) is 8.24. The topological polar surface area (TPSA) is 109 Å². The van der Waals surface area contributed by atoms with Crippen molar-refractivity contribution in [2.45, 2.75) is 88.4 Å². The number of nitrogens with zero attached hydrogens (tertiary/aromatic N) is 4. The van der Waals surface area contributed by atoms with Gasteiger partial charge in [-0.15, -0.1) is 16.6 Å². The summed E-state index contributed by atoms with van der Waals surface area (Å²) in [7, 11) is 0. The third-order valence-electron chi connectivity index (χ3n) is 11.0. The van der Waals surface area contributed by atoms with Gasteiger partial charge < -0.3 is 33.6 Å². The highest BCUT2D eigenvalue weighted by molar-refractivity contribution is 5.79. The fraction of sp³-hybridized carbons (Fsp3) is 0.595. The van der Waals surface area contributed by atoms with E-state index in [0.717, 1.165) is 60.8 Å². The molecule has 2 saturated heterocycles. The lowest BCUT2D eigenvalue weighted by molar-refractivity contribution is -0.130. The first-order chi connectivity index (χ1) is 26.8. The SMILES string of the molecule is C#CCOCCOCCOCCOCCOc1ccc(-c2nnc(C)n2C2CC3CCC2N3CC[C@H](NC(=O)C2CCC(F)(F)CC2)c2ccccc2)cc1. The van der Waals surface area contributed by atoms with E-state index in [2.05, 4.69) is 30.9 Å². The second kappa shape index (κ2) is 20.3. The summed E-state index contributed by atoms with van der Waals surface area (Å²) < 4.78 is 57.5. The van der Waals surface area contributed by atoms with Gasteiger partial charge in [0, 0.05) is 43.0 Å². The van der Waals surface area contributed by atoms with Crippen molar-refractivity contribution < 1.29 is 37.3 Å². The van der Waals surface area contributed by atoms with E-state index in [1.165, 1.54) is 0 Å². The van der Waals surface area contributed by atoms with Gasteiger partial charge >= 0.3 is 0 Å². The van der Waals surface area contributed by atoms with Crippen LogP contribution < -0.4 is 10.1 Å². The van der Waals surface area contributed by atoms with Crippen molar-refractivity contribution in [3.8, 4) is 29.5 Å². The van der Waals surface area contributed by atoms with E-state index in [9.17, 15) is 13.6 Å². The Morgan fingerprint density at radius 1 is 0.873 bits per heavy atom. The Labute approximate surface area is 323 Å². The number of nitrogens with one attached hydrogen (secondary N) is 1. The molecule has 3 fully saturated rings. The van der Waals surface area contributed by atoms with Gasteiger partial charge in [0.2, 0.25) is 11.8 Å². The molecule has 6 rings (SSSR count). The van der Waals surface area contributed by atoms with Crippen molar-refractivity contribution in [3.63, 3.8) is 0 Å². The molecule has 2 aliphatic heterocycles. The Hall–Kier alpha value is -3.93. The molecule has 2 bridgehead atoms. The van der Waals surface area contributed by atoms with Gasteiger partial charge in [0.15, 0.2) is 5.82 Å². The number of rotatable bonds is 22. The average Bonchev–Trinajstić information content (AvgIpc) is 3.88. The van der Waals surface area contributed by atoms with Gasteiger partial charge in [-0.25, -0.2) is 8.78 Å². The largest absolute Gasteiger partial charge is 0.491 e. The summed E-state index contributed by atoms with van der Waals surface area (Å²) in [6.07, 6.45) is 9.12. The molecule has 1 amide bonds. The first-order valence-corrected chi connectivity index (χ1v) is 19.7. The van der Waals surface area contributed by atoms with Crippen LogP contribution in [-0.2, 0) is 23.7 Å². The van der Waals surface area contributed by atoms with Crippen LogP contribution in [0, 0.1) is 25.2 Å². The Morgan fingerprint density at radius 3 is 2.20 bits per heavy atom. The summed E-state index contributed by atoms with van der Waals surface area (Å²) in [5.41, 5.74) is 2.02. The number of carbonyl (C=O) groups is 1. The number of halogens is 2. The molecule has 0 spiro atoms. The predicted molar refractivity (Wildman–Crippen MR) is 204 cm³/mol. The number of ether oxygens (including phenoxy) is 5. The van der Waals surface area contributed by atoms with Gasteiger partial charge in [-0.05, 0) is 75.3 Å². The van der Waals surface area contributed by atoms with Gasteiger partial charge in [-0.1, -0.05) is 36.3 Å². The van der Waals surface area contributed by atoms with E-state index in [0.29, 0.717) is 71.5 Å². The monoisotopic (exact) mass is 763 g/mol. The number of terminal acetylenes is 1. The molecule has 1 N–H and O–H groups in total. The Kier molecular flexibility index (Phi) is 15.0. The summed E-state index contributed by atoms with van der Waals surface area (Å²) in [6, 6.07) is 18.8. The summed E-state index contributed by atoms with van der Waals surface area (Å²) in [5, 5.41) is 12.4. The zero-order chi connectivity index (χ0) is 38.5. The Morgan fingerprint density at radius 2 is 1.53 bits per heavy atom. The van der Waals surface area contributed by atoms with E-state index < -0.39 is 5.92 Å². The van der Waals surface area contributed by atoms with Gasteiger partial charge in [-0.2, -0.15) is 0 Å². The molecule has 0 radical (unpaired) electrons. The highest BCUT2D eigenvalue weighted by Crippen LogP contribution is 2.46. The van der Waals surface area contributed by atoms with E-state index in [1.807, 2.05) is 61.5 Å². The zero-order valence-corrected chi connectivity index (χ0v) is 31.9. The Balaban J connectivity index is 0.966. The van der Waals surface area contributed by atoms with Crippen LogP contribution in [0.25, 0.3) is 11.4 Å². The maximum absolute atomic E-state index is 13.8. The molecule has 3 aromatic rings. The first-order valence-electron chi connectivity index (χ1n) is 19.7. The predicted octanol–water partition coefficient (Wildman–Crippen LogP) is 6.18. The number of aromatic nitrogens is 3. The molecule has 4 atom stereocenters. The molecule has 3 heterocycles. The van der Waals surface area contributed by atoms with Crippen LogP contribution in [0.5, 0.6) is 5.75 Å². The van der Waals surface area contributed by atoms with Crippen molar-refractivity contribution in [2.75, 3.05) is 66.0 Å². The molecule has 11 nitrogen and oxygen atoms in total. The number of carbonyl (C=O) groups excluding carboxylic acids is 1. The van der Waals surface area contributed by atoms with Crippen LogP contribution >= 0.6 is 0 Å². The lowest BCUT2D eigenvalue weighted by Gasteiger charge is -2.31. The molecule has 3 aliphatic rings. The maximum atomic E-state index is 13.8. The lowest BCUT2D eigenvalue weighted by atomic mass is 9.86. The van der Waals surface area contributed by atoms with Crippen molar-refractivity contribution in [2.24, 2.45) is 5.92 Å². The van der Waals surface area contributed by atoms with Crippen LogP contribution in [0.3, 0.4) is 0 Å². The minimum Gasteiger partial charge on any atom is -0.491 e. The van der Waals surface area contributed by atoms with E-state index in [1.54, 1.807) is 0 Å². The molecule has 1 aromatic heterocycles. The summed E-state index contributed by atoms with van der Waals surface area (Å²) in [5.74, 6) is 1.76. The second-order valence-electron chi connectivity index (χ2n) is 14.6. The van der Waals surface area contributed by atoms with Crippen LogP contribution in [0.2, 0.25) is 0 Å². The number of aryl methyl sites for hydroxylation is 1. The van der Waals surface area contributed by atoms with Crippen LogP contribution in [0.15, 0.2) is 54.6 Å². The molecule has 13 heteroatoms. The minimum atomic E-state index is -2.66. The molecular formula is C42H55F2N5O6. The smallest absolute Gasteiger partial charge is 0.248 e. The van der Waals surface area contributed by atoms with Crippen LogP contribution in [-0.4, -0.2) is 110 Å². The standard InChI is InChI=1S/C42H55F2N5O6/c1-3-21-51-22-23-52-24-25-53-26-27-54-28-29-55-36-12-9-33(10-13-36)40-47-46-31(2)49(40)39-30-35-11-14-38(39)48(35)20-17-37(32-7-5-4-6-8-32)45-41(50)34-15-18-42(43,44)19-16-34/h1,4-10,12-13,34-35,37-39H,11,14-30H2,2H3,(H,45,50)/t35?,37-,38?,39?/m0/s1. The quantitative estimate of drug-likeness (QED) is 0.0948. The van der Waals surface area contributed by atoms with E-state index in [-0.39, 0.29) is 49.6 Å². The van der Waals surface area contributed by atoms with Crippen molar-refractivity contribution in [3.05, 3.63) is 66.0 Å². The third kappa shape index (κ3) is 11.3. The Bertz CT molecular complexity index is 1660. The maximum Gasteiger partial charge on any atom is 0.248 e. The molecule has 298 valence electrons. The van der Waals surface area contributed by atoms with E-state index in [4.69, 9.17) is 30.1 Å². The molecule has 2 aromatic carbocycles. The fourth-order valence-electron chi connectivity index (χ4n) is 8.24. The molecule has 3 unspecified atom stereocenters. The normalized spacial score (nSPS) is 21.4. The van der Waals surface area contributed by atoms with Crippen molar-refractivity contribution in [1.29, 1.82) is 0 Å². The van der Waals surface area contributed by atoms with Crippen molar-refractivity contribution >= 4 is 5.91 Å². The summed E-state index contributed by atoms with van der Waals surface area (Å²) in [6.45, 7) is 6.89. The van der Waals surface area contributed by atoms with Gasteiger partial charge in [-0.3, -0.25) is 9.69 Å². The first kappa shape index (κ1) is 40.7. The lowest BCUT2D eigenvalue weighted by Crippen LogP contribution is -2.40.